The van der Waals surface area contributed by atoms with Gasteiger partial charge in [0.2, 0.25) is 0 Å². The lowest BCUT2D eigenvalue weighted by atomic mass is 10.2. The average Bonchev–Trinajstić information content (AvgIpc) is 2.90. The van der Waals surface area contributed by atoms with E-state index in [1.165, 1.54) is 13.3 Å². The number of methoxy groups -OCH3 is 1. The van der Waals surface area contributed by atoms with Gasteiger partial charge in [-0.3, -0.25) is 9.59 Å². The molecule has 9 nitrogen and oxygen atoms in total. The van der Waals surface area contributed by atoms with Crippen molar-refractivity contribution in [2.45, 2.75) is 20.8 Å². The highest BCUT2D eigenvalue weighted by atomic mass is 35.5. The summed E-state index contributed by atoms with van der Waals surface area (Å²) in [7, 11) is 1.50. The molecular formula is C28H29Cl2N3O6. The Hall–Kier alpha value is -3.95. The molecule has 0 fully saturated rings. The smallest absolute Gasteiger partial charge is 0.271 e. The maximum atomic E-state index is 12.5. The number of nitrogens with one attached hydrogen (secondary N) is 2. The second-order valence-corrected chi connectivity index (χ2v) is 8.88. The van der Waals surface area contributed by atoms with Crippen LogP contribution in [0, 0.1) is 6.92 Å². The molecule has 39 heavy (non-hydrogen) atoms. The normalized spacial score (nSPS) is 10.7. The van der Waals surface area contributed by atoms with E-state index < -0.39 is 11.8 Å². The molecule has 0 unspecified atom stereocenters. The number of anilines is 1. The third-order valence-electron chi connectivity index (χ3n) is 5.24. The fourth-order valence-electron chi connectivity index (χ4n) is 3.38. The predicted octanol–water partition coefficient (Wildman–Crippen LogP) is 5.89. The Morgan fingerprint density at radius 1 is 0.897 bits per heavy atom. The van der Waals surface area contributed by atoms with Crippen LogP contribution in [0.4, 0.5) is 5.69 Å². The molecule has 0 aliphatic heterocycles. The van der Waals surface area contributed by atoms with Gasteiger partial charge in [0.05, 0.1) is 31.6 Å². The van der Waals surface area contributed by atoms with Gasteiger partial charge in [0, 0.05) is 16.3 Å². The van der Waals surface area contributed by atoms with Crippen LogP contribution in [0.25, 0.3) is 0 Å². The number of hydrogen-bond donors (Lipinski definition) is 2. The fourth-order valence-corrected chi connectivity index (χ4v) is 3.84. The molecule has 0 spiro atoms. The van der Waals surface area contributed by atoms with Crippen molar-refractivity contribution >= 4 is 46.9 Å². The van der Waals surface area contributed by atoms with Crippen molar-refractivity contribution in [3.05, 3.63) is 75.3 Å². The number of ether oxygens (including phenoxy) is 4. The maximum absolute atomic E-state index is 12.5. The molecule has 0 saturated heterocycles. The van der Waals surface area contributed by atoms with E-state index in [1.807, 2.05) is 13.8 Å². The summed E-state index contributed by atoms with van der Waals surface area (Å²) in [5.74, 6) is 0.668. The summed E-state index contributed by atoms with van der Waals surface area (Å²) in [5.41, 5.74) is 4.80. The third-order valence-corrected chi connectivity index (χ3v) is 5.93. The van der Waals surface area contributed by atoms with Gasteiger partial charge in [-0.2, -0.15) is 5.10 Å². The van der Waals surface area contributed by atoms with Crippen molar-refractivity contribution in [1.82, 2.24) is 5.43 Å². The second kappa shape index (κ2) is 14.3. The van der Waals surface area contributed by atoms with E-state index in [-0.39, 0.29) is 17.4 Å². The van der Waals surface area contributed by atoms with Gasteiger partial charge >= 0.3 is 0 Å². The van der Waals surface area contributed by atoms with Gasteiger partial charge in [-0.25, -0.2) is 5.43 Å². The summed E-state index contributed by atoms with van der Waals surface area (Å²) in [5, 5.41) is 7.48. The zero-order valence-electron chi connectivity index (χ0n) is 22.0. The molecule has 0 aliphatic carbocycles. The van der Waals surface area contributed by atoms with E-state index in [0.717, 1.165) is 5.56 Å². The van der Waals surface area contributed by atoms with Gasteiger partial charge in [-0.1, -0.05) is 29.3 Å². The first-order valence-electron chi connectivity index (χ1n) is 12.0. The second-order valence-electron chi connectivity index (χ2n) is 8.06. The lowest BCUT2D eigenvalue weighted by Crippen LogP contribution is -2.20. The van der Waals surface area contributed by atoms with Crippen molar-refractivity contribution in [3.8, 4) is 23.0 Å². The number of amides is 2. The molecule has 3 rings (SSSR count). The van der Waals surface area contributed by atoms with Crippen LogP contribution >= 0.6 is 23.2 Å². The summed E-state index contributed by atoms with van der Waals surface area (Å²) in [6, 6.07) is 13.3. The predicted molar refractivity (Wildman–Crippen MR) is 152 cm³/mol. The first-order chi connectivity index (χ1) is 18.7. The molecule has 0 radical (unpaired) electrons. The van der Waals surface area contributed by atoms with E-state index >= 15 is 0 Å². The first kappa shape index (κ1) is 29.6. The van der Waals surface area contributed by atoms with Crippen LogP contribution in [-0.4, -0.2) is 45.0 Å². The van der Waals surface area contributed by atoms with Crippen molar-refractivity contribution in [2.24, 2.45) is 5.10 Å². The number of nitrogens with zero attached hydrogens (tertiary/aromatic N) is 1. The van der Waals surface area contributed by atoms with Crippen LogP contribution in [0.15, 0.2) is 53.6 Å². The van der Waals surface area contributed by atoms with Gasteiger partial charge in [0.25, 0.3) is 11.8 Å². The quantitative estimate of drug-likeness (QED) is 0.206. The topological polar surface area (TPSA) is 107 Å². The Morgan fingerprint density at radius 3 is 2.33 bits per heavy atom. The van der Waals surface area contributed by atoms with Crippen LogP contribution in [0.3, 0.4) is 0 Å². The molecule has 206 valence electrons. The molecule has 0 saturated carbocycles. The number of benzene rings is 3. The molecule has 2 N–H and O–H groups in total. The molecule has 2 amide bonds. The van der Waals surface area contributed by atoms with Crippen molar-refractivity contribution in [1.29, 1.82) is 0 Å². The lowest BCUT2D eigenvalue weighted by Gasteiger charge is -2.14. The number of aryl methyl sites for hydroxylation is 1. The van der Waals surface area contributed by atoms with Gasteiger partial charge in [-0.15, -0.1) is 0 Å². The number of halogens is 2. The maximum Gasteiger partial charge on any atom is 0.271 e. The largest absolute Gasteiger partial charge is 0.493 e. The van der Waals surface area contributed by atoms with Crippen molar-refractivity contribution in [3.63, 3.8) is 0 Å². The highest BCUT2D eigenvalue weighted by molar-refractivity contribution is 6.32. The molecule has 0 aliphatic rings. The van der Waals surface area contributed by atoms with Gasteiger partial charge in [0.1, 0.15) is 0 Å². The highest BCUT2D eigenvalue weighted by Crippen LogP contribution is 2.36. The van der Waals surface area contributed by atoms with Crippen LogP contribution < -0.4 is 29.7 Å². The molecular weight excluding hydrogens is 545 g/mol. The van der Waals surface area contributed by atoms with Crippen LogP contribution in [0.5, 0.6) is 23.0 Å². The van der Waals surface area contributed by atoms with E-state index in [4.69, 9.17) is 42.1 Å². The Balaban J connectivity index is 1.66. The van der Waals surface area contributed by atoms with Crippen LogP contribution in [0.1, 0.15) is 35.3 Å². The third kappa shape index (κ3) is 8.27. The number of hydrazone groups is 1. The summed E-state index contributed by atoms with van der Waals surface area (Å²) in [4.78, 5) is 24.9. The summed E-state index contributed by atoms with van der Waals surface area (Å²) in [6.07, 6.45) is 1.41. The molecule has 0 atom stereocenters. The molecule has 0 bridgehead atoms. The van der Waals surface area contributed by atoms with Gasteiger partial charge in [0.15, 0.2) is 29.6 Å². The van der Waals surface area contributed by atoms with Gasteiger partial charge in [-0.05, 0) is 74.4 Å². The zero-order valence-corrected chi connectivity index (χ0v) is 23.5. The Morgan fingerprint density at radius 2 is 1.64 bits per heavy atom. The Labute approximate surface area is 237 Å². The van der Waals surface area contributed by atoms with E-state index in [9.17, 15) is 9.59 Å². The van der Waals surface area contributed by atoms with E-state index in [0.29, 0.717) is 52.3 Å². The lowest BCUT2D eigenvalue weighted by molar-refractivity contribution is -0.118. The average molecular weight is 574 g/mol. The Kier molecular flexibility index (Phi) is 10.8. The summed E-state index contributed by atoms with van der Waals surface area (Å²) in [6.45, 7) is 6.03. The molecule has 0 aromatic heterocycles. The number of carbonyl (C=O) groups is 2. The standard InChI is InChI=1S/C28H29Cl2N3O6/c1-5-37-23-10-8-19(13-24(23)36-4)28(35)33-31-15-18-11-22(30)27(25(12-18)38-6-2)39-16-26(34)32-20-9-7-17(3)21(29)14-20/h7-15H,5-6,16H2,1-4H3,(H,32,34)(H,33,35)/b31-15+. The number of hydrogen-bond acceptors (Lipinski definition) is 7. The van der Waals surface area contributed by atoms with Crippen molar-refractivity contribution in [2.75, 3.05) is 32.2 Å². The first-order valence-corrected chi connectivity index (χ1v) is 12.8. The SMILES string of the molecule is CCOc1ccc(C(=O)N/N=C/c2cc(Cl)c(OCC(=O)Nc3ccc(C)c(Cl)c3)c(OCC)c2)cc1OC. The van der Waals surface area contributed by atoms with E-state index in [1.54, 1.807) is 55.5 Å². The van der Waals surface area contributed by atoms with Crippen LogP contribution in [0.2, 0.25) is 10.0 Å². The molecule has 3 aromatic carbocycles. The van der Waals surface area contributed by atoms with Crippen molar-refractivity contribution < 1.29 is 28.5 Å². The molecule has 11 heteroatoms. The highest BCUT2D eigenvalue weighted by Gasteiger charge is 2.15. The zero-order chi connectivity index (χ0) is 28.4. The Bertz CT molecular complexity index is 1360. The van der Waals surface area contributed by atoms with Crippen LogP contribution in [-0.2, 0) is 4.79 Å². The minimum Gasteiger partial charge on any atom is -0.493 e. The minimum atomic E-state index is -0.440. The molecule has 0 heterocycles. The minimum absolute atomic E-state index is 0.205. The fraction of sp³-hybridized carbons (Fsp3) is 0.250. The van der Waals surface area contributed by atoms with Gasteiger partial charge < -0.3 is 24.3 Å². The number of carbonyl (C=O) groups excluding carboxylic acids is 2. The summed E-state index contributed by atoms with van der Waals surface area (Å²) < 4.78 is 22.1. The number of rotatable bonds is 12. The molecule has 3 aromatic rings. The van der Waals surface area contributed by atoms with E-state index in [2.05, 4.69) is 15.8 Å². The monoisotopic (exact) mass is 573 g/mol. The summed E-state index contributed by atoms with van der Waals surface area (Å²) >= 11 is 12.5.